The van der Waals surface area contributed by atoms with Crippen molar-refractivity contribution >= 4 is 40.3 Å². The van der Waals surface area contributed by atoms with Gasteiger partial charge in [0.15, 0.2) is 6.61 Å². The number of benzene rings is 1. The molecule has 2 rings (SSSR count). The summed E-state index contributed by atoms with van der Waals surface area (Å²) in [6.07, 6.45) is 0.955. The zero-order valence-corrected chi connectivity index (χ0v) is 13.7. The van der Waals surface area contributed by atoms with E-state index in [1.54, 1.807) is 18.2 Å². The lowest BCUT2D eigenvalue weighted by Crippen LogP contribution is -2.11. The fourth-order valence-electron chi connectivity index (χ4n) is 1.61. The van der Waals surface area contributed by atoms with E-state index in [1.165, 1.54) is 11.3 Å². The molecule has 0 saturated heterocycles. The third kappa shape index (κ3) is 4.63. The van der Waals surface area contributed by atoms with Gasteiger partial charge in [0.1, 0.15) is 15.8 Å². The van der Waals surface area contributed by atoms with Gasteiger partial charge in [0, 0.05) is 0 Å². The largest absolute Gasteiger partial charge is 0.494 e. The van der Waals surface area contributed by atoms with E-state index in [4.69, 9.17) is 32.7 Å². The van der Waals surface area contributed by atoms with E-state index in [1.807, 2.05) is 19.1 Å². The van der Waals surface area contributed by atoms with E-state index >= 15 is 0 Å². The van der Waals surface area contributed by atoms with Gasteiger partial charge < -0.3 is 9.47 Å². The van der Waals surface area contributed by atoms with Crippen molar-refractivity contribution in [1.29, 1.82) is 0 Å². The number of halogens is 2. The summed E-state index contributed by atoms with van der Waals surface area (Å²) in [5, 5.41) is 0. The molecule has 0 aliphatic carbocycles. The molecule has 0 saturated carbocycles. The lowest BCUT2D eigenvalue weighted by molar-refractivity contribution is 0.0922. The topological polar surface area (TPSA) is 35.5 Å². The first kappa shape index (κ1) is 16.1. The molecule has 0 atom stereocenters. The SMILES string of the molecule is CCCOc1ccc(OCC(=O)c2cc(Cl)sc2Cl)cc1. The Balaban J connectivity index is 1.90. The summed E-state index contributed by atoms with van der Waals surface area (Å²) in [6.45, 7) is 2.64. The minimum absolute atomic E-state index is 0.0814. The van der Waals surface area contributed by atoms with E-state index in [-0.39, 0.29) is 12.4 Å². The van der Waals surface area contributed by atoms with Crippen LogP contribution in [0.2, 0.25) is 8.67 Å². The highest BCUT2D eigenvalue weighted by atomic mass is 35.5. The van der Waals surface area contributed by atoms with Crippen molar-refractivity contribution in [2.75, 3.05) is 13.2 Å². The highest BCUT2D eigenvalue weighted by Crippen LogP contribution is 2.31. The van der Waals surface area contributed by atoms with Crippen LogP contribution >= 0.6 is 34.5 Å². The number of Topliss-reactive ketones (excluding diaryl/α,β-unsaturated/α-hetero) is 1. The Hall–Kier alpha value is -1.23. The van der Waals surface area contributed by atoms with Crippen molar-refractivity contribution in [2.45, 2.75) is 13.3 Å². The molecule has 112 valence electrons. The Morgan fingerprint density at radius 2 is 1.76 bits per heavy atom. The normalized spacial score (nSPS) is 10.4. The summed E-state index contributed by atoms with van der Waals surface area (Å²) in [4.78, 5) is 12.0. The lowest BCUT2D eigenvalue weighted by atomic mass is 10.2. The molecule has 0 bridgehead atoms. The van der Waals surface area contributed by atoms with Crippen LogP contribution in [0.15, 0.2) is 30.3 Å². The van der Waals surface area contributed by atoms with Gasteiger partial charge in [-0.2, -0.15) is 0 Å². The van der Waals surface area contributed by atoms with Crippen LogP contribution in [0.4, 0.5) is 0 Å². The van der Waals surface area contributed by atoms with Gasteiger partial charge in [-0.15, -0.1) is 11.3 Å². The molecule has 0 aliphatic rings. The Morgan fingerprint density at radius 1 is 1.14 bits per heavy atom. The van der Waals surface area contributed by atoms with Crippen LogP contribution in [0.3, 0.4) is 0 Å². The van der Waals surface area contributed by atoms with Gasteiger partial charge in [-0.1, -0.05) is 30.1 Å². The van der Waals surface area contributed by atoms with Crippen molar-refractivity contribution in [1.82, 2.24) is 0 Å². The van der Waals surface area contributed by atoms with Crippen molar-refractivity contribution in [2.24, 2.45) is 0 Å². The average Bonchev–Trinajstić information content (AvgIpc) is 2.82. The number of hydrogen-bond acceptors (Lipinski definition) is 4. The highest BCUT2D eigenvalue weighted by Gasteiger charge is 2.14. The molecular formula is C15H14Cl2O3S. The zero-order chi connectivity index (χ0) is 15.2. The van der Waals surface area contributed by atoms with Gasteiger partial charge in [0.25, 0.3) is 0 Å². The van der Waals surface area contributed by atoms with Gasteiger partial charge >= 0.3 is 0 Å². The first-order valence-corrected chi connectivity index (χ1v) is 8.01. The molecule has 21 heavy (non-hydrogen) atoms. The van der Waals surface area contributed by atoms with E-state index in [0.717, 1.165) is 12.2 Å². The molecule has 1 aromatic heterocycles. The third-order valence-corrected chi connectivity index (χ3v) is 4.11. The van der Waals surface area contributed by atoms with Crippen molar-refractivity contribution in [3.63, 3.8) is 0 Å². The van der Waals surface area contributed by atoms with Crippen molar-refractivity contribution in [3.8, 4) is 11.5 Å². The second-order valence-electron chi connectivity index (χ2n) is 4.27. The average molecular weight is 345 g/mol. The molecule has 0 N–H and O–H groups in total. The van der Waals surface area contributed by atoms with Crippen LogP contribution in [0.25, 0.3) is 0 Å². The standard InChI is InChI=1S/C15H14Cl2O3S/c1-2-7-19-10-3-5-11(6-4-10)20-9-13(18)12-8-14(16)21-15(12)17/h3-6,8H,2,7,9H2,1H3. The molecule has 2 aromatic rings. The summed E-state index contributed by atoms with van der Waals surface area (Å²) in [5.41, 5.74) is 0.398. The maximum atomic E-state index is 12.0. The number of carbonyl (C=O) groups is 1. The number of ketones is 1. The van der Waals surface area contributed by atoms with E-state index in [9.17, 15) is 4.79 Å². The Morgan fingerprint density at radius 3 is 2.29 bits per heavy atom. The lowest BCUT2D eigenvalue weighted by Gasteiger charge is -2.07. The predicted molar refractivity (Wildman–Crippen MR) is 86.4 cm³/mol. The number of thiophene rings is 1. The van der Waals surface area contributed by atoms with Crippen LogP contribution in [0, 0.1) is 0 Å². The molecule has 0 fully saturated rings. The van der Waals surface area contributed by atoms with E-state index in [2.05, 4.69) is 0 Å². The molecular weight excluding hydrogens is 331 g/mol. The molecule has 0 radical (unpaired) electrons. The van der Waals surface area contributed by atoms with Gasteiger partial charge in [-0.25, -0.2) is 0 Å². The summed E-state index contributed by atoms with van der Waals surface area (Å²) < 4.78 is 11.8. The Kier molecular flexibility index (Phi) is 5.91. The molecule has 1 aromatic carbocycles. The van der Waals surface area contributed by atoms with Crippen molar-refractivity contribution < 1.29 is 14.3 Å². The molecule has 0 aliphatic heterocycles. The van der Waals surface area contributed by atoms with Crippen LogP contribution < -0.4 is 9.47 Å². The molecule has 6 heteroatoms. The molecule has 0 unspecified atom stereocenters. The van der Waals surface area contributed by atoms with E-state index in [0.29, 0.717) is 26.6 Å². The first-order valence-electron chi connectivity index (χ1n) is 6.44. The fourth-order valence-corrected chi connectivity index (χ4v) is 3.11. The predicted octanol–water partition coefficient (Wildman–Crippen LogP) is 5.11. The molecule has 1 heterocycles. The molecule has 0 amide bonds. The van der Waals surface area contributed by atoms with Gasteiger partial charge in [0.05, 0.1) is 16.5 Å². The number of ether oxygens (including phenoxy) is 2. The number of hydrogen-bond donors (Lipinski definition) is 0. The Bertz CT molecular complexity index is 608. The summed E-state index contributed by atoms with van der Waals surface area (Å²) in [5.74, 6) is 1.18. The Labute approximate surface area is 137 Å². The maximum absolute atomic E-state index is 12.0. The van der Waals surface area contributed by atoms with Crippen molar-refractivity contribution in [3.05, 3.63) is 44.6 Å². The van der Waals surface area contributed by atoms with Crippen LogP contribution in [-0.2, 0) is 0 Å². The fraction of sp³-hybridized carbons (Fsp3) is 0.267. The van der Waals surface area contributed by atoms with Gasteiger partial charge in [-0.05, 0) is 36.8 Å². The van der Waals surface area contributed by atoms with Crippen LogP contribution in [-0.4, -0.2) is 19.0 Å². The van der Waals surface area contributed by atoms with E-state index < -0.39 is 0 Å². The number of carbonyl (C=O) groups excluding carboxylic acids is 1. The maximum Gasteiger partial charge on any atom is 0.202 e. The summed E-state index contributed by atoms with van der Waals surface area (Å²) >= 11 is 12.9. The zero-order valence-electron chi connectivity index (χ0n) is 11.4. The van der Waals surface area contributed by atoms with Gasteiger partial charge in [0.2, 0.25) is 5.78 Å². The minimum Gasteiger partial charge on any atom is -0.494 e. The van der Waals surface area contributed by atoms with Gasteiger partial charge in [-0.3, -0.25) is 4.79 Å². The third-order valence-electron chi connectivity index (χ3n) is 2.62. The smallest absolute Gasteiger partial charge is 0.202 e. The van der Waals surface area contributed by atoms with Crippen LogP contribution in [0.5, 0.6) is 11.5 Å². The summed E-state index contributed by atoms with van der Waals surface area (Å²) in [7, 11) is 0. The molecule has 0 spiro atoms. The van der Waals surface area contributed by atoms with Crippen LogP contribution in [0.1, 0.15) is 23.7 Å². The quantitative estimate of drug-likeness (QED) is 0.655. The minimum atomic E-state index is -0.200. The first-order chi connectivity index (χ1) is 10.1. The monoisotopic (exact) mass is 344 g/mol. The second kappa shape index (κ2) is 7.69. The summed E-state index contributed by atoms with van der Waals surface area (Å²) in [6, 6.07) is 8.71. The highest BCUT2D eigenvalue weighted by molar-refractivity contribution is 7.20. The molecule has 3 nitrogen and oxygen atoms in total. The second-order valence-corrected chi connectivity index (χ2v) is 6.56. The number of rotatable bonds is 7.